The van der Waals surface area contributed by atoms with Crippen molar-refractivity contribution in [1.82, 2.24) is 5.32 Å². The Bertz CT molecular complexity index is 182. The summed E-state index contributed by atoms with van der Waals surface area (Å²) in [4.78, 5) is 28.9. The van der Waals surface area contributed by atoms with E-state index in [-0.39, 0.29) is 18.8 Å². The first-order chi connectivity index (χ1) is 5.99. The molecule has 0 spiro atoms. The van der Waals surface area contributed by atoms with Crippen molar-refractivity contribution < 1.29 is 24.6 Å². The fourth-order valence-corrected chi connectivity index (χ4v) is 0.389. The molecule has 0 heterocycles. The van der Waals surface area contributed by atoms with Crippen molar-refractivity contribution in [1.29, 1.82) is 0 Å². The summed E-state index contributed by atoms with van der Waals surface area (Å²) < 4.78 is 0. The van der Waals surface area contributed by atoms with Crippen molar-refractivity contribution in [2.75, 3.05) is 7.05 Å². The van der Waals surface area contributed by atoms with E-state index in [2.05, 4.69) is 5.32 Å². The Kier molecular flexibility index (Phi) is 9.07. The van der Waals surface area contributed by atoms with E-state index in [0.717, 1.165) is 0 Å². The maximum atomic E-state index is 10.5. The summed E-state index contributed by atoms with van der Waals surface area (Å²) >= 11 is 0. The highest BCUT2D eigenvalue weighted by Gasteiger charge is 2.14. The first-order valence-electron chi connectivity index (χ1n) is 3.26. The lowest BCUT2D eigenvalue weighted by atomic mass is 10.2. The average Bonchev–Trinajstić information content (AvgIpc) is 2.05. The van der Waals surface area contributed by atoms with Gasteiger partial charge in [-0.25, -0.2) is 0 Å². The molecule has 0 aliphatic heterocycles. The lowest BCUT2D eigenvalue weighted by Gasteiger charge is -2.03. The Balaban J connectivity index is 0. The van der Waals surface area contributed by atoms with E-state index in [1.165, 1.54) is 7.05 Å². The van der Waals surface area contributed by atoms with Crippen LogP contribution in [0, 0.1) is 0 Å². The van der Waals surface area contributed by atoms with Gasteiger partial charge in [-0.05, 0) is 0 Å². The molecule has 0 radical (unpaired) electrons. The summed E-state index contributed by atoms with van der Waals surface area (Å²) in [5.41, 5.74) is 5.03. The largest absolute Gasteiger partial charge is 0.483 e. The van der Waals surface area contributed by atoms with Gasteiger partial charge in [-0.3, -0.25) is 14.4 Å². The second kappa shape index (κ2) is 8.47. The minimum absolute atomic E-state index is 0.175. The van der Waals surface area contributed by atoms with Crippen LogP contribution in [0.25, 0.3) is 0 Å². The summed E-state index contributed by atoms with van der Waals surface area (Å²) in [6.45, 7) is -0.250. The minimum atomic E-state index is -1.16. The fraction of sp³-hybridized carbons (Fsp3) is 0.500. The summed E-state index contributed by atoms with van der Waals surface area (Å²) in [7, 11) is 1.43. The molecule has 0 rings (SSSR count). The zero-order valence-corrected chi connectivity index (χ0v) is 7.06. The molecule has 0 fully saturated rings. The van der Waals surface area contributed by atoms with E-state index in [1.807, 2.05) is 0 Å². The Hall–Kier alpha value is -1.63. The van der Waals surface area contributed by atoms with Gasteiger partial charge in [-0.1, -0.05) is 0 Å². The molecule has 13 heavy (non-hydrogen) atoms. The van der Waals surface area contributed by atoms with Gasteiger partial charge in [-0.15, -0.1) is 0 Å². The zero-order chi connectivity index (χ0) is 10.9. The van der Waals surface area contributed by atoms with Crippen molar-refractivity contribution in [3.05, 3.63) is 0 Å². The molecule has 0 saturated heterocycles. The van der Waals surface area contributed by atoms with Gasteiger partial charge < -0.3 is 21.3 Å². The van der Waals surface area contributed by atoms with Crippen LogP contribution < -0.4 is 11.1 Å². The molecule has 1 amide bonds. The lowest BCUT2D eigenvalue weighted by Crippen LogP contribution is -2.35. The van der Waals surface area contributed by atoms with Crippen LogP contribution in [0.2, 0.25) is 0 Å². The summed E-state index contributed by atoms with van der Waals surface area (Å²) in [6, 6.07) is -1.10. The second-order valence-corrected chi connectivity index (χ2v) is 1.93. The first kappa shape index (κ1) is 13.9. The summed E-state index contributed by atoms with van der Waals surface area (Å²) in [5, 5.41) is 17.4. The smallest absolute Gasteiger partial charge is 0.321 e. The number of carbonyl (C=O) groups is 3. The van der Waals surface area contributed by atoms with Gasteiger partial charge in [0.2, 0.25) is 5.91 Å². The van der Waals surface area contributed by atoms with Gasteiger partial charge in [0.15, 0.2) is 0 Å². The number of aliphatic carboxylic acids is 1. The van der Waals surface area contributed by atoms with Crippen molar-refractivity contribution in [3.8, 4) is 0 Å². The number of nitrogens with one attached hydrogen (secondary N) is 1. The molecule has 0 aromatic carbocycles. The third-order valence-corrected chi connectivity index (χ3v) is 1.00. The van der Waals surface area contributed by atoms with Crippen LogP contribution in [-0.2, 0) is 14.4 Å². The fourth-order valence-electron chi connectivity index (χ4n) is 0.389. The van der Waals surface area contributed by atoms with Crippen LogP contribution in [0.4, 0.5) is 0 Å². The molecule has 1 unspecified atom stereocenters. The first-order valence-corrected chi connectivity index (χ1v) is 3.26. The SMILES string of the molecule is CNC(=O)CC(N)C(=O)O.O=CO. The highest BCUT2D eigenvalue weighted by atomic mass is 16.4. The van der Waals surface area contributed by atoms with Gasteiger partial charge in [-0.2, -0.15) is 0 Å². The van der Waals surface area contributed by atoms with Crippen molar-refractivity contribution in [2.24, 2.45) is 5.73 Å². The van der Waals surface area contributed by atoms with Crippen LogP contribution in [0.3, 0.4) is 0 Å². The quantitative estimate of drug-likeness (QED) is 0.392. The molecule has 0 aromatic heterocycles. The average molecular weight is 192 g/mol. The third-order valence-electron chi connectivity index (χ3n) is 1.00. The molecule has 0 saturated carbocycles. The monoisotopic (exact) mass is 192 g/mol. The molecule has 1 atom stereocenters. The number of carboxylic acids is 1. The van der Waals surface area contributed by atoms with Crippen LogP contribution in [-0.4, -0.2) is 41.7 Å². The Morgan fingerprint density at radius 2 is 2.00 bits per heavy atom. The molecular weight excluding hydrogens is 180 g/mol. The Labute approximate surface area is 74.5 Å². The second-order valence-electron chi connectivity index (χ2n) is 1.93. The highest BCUT2D eigenvalue weighted by Crippen LogP contribution is 1.86. The predicted molar refractivity (Wildman–Crippen MR) is 43.0 cm³/mol. The normalized spacial score (nSPS) is 10.3. The topological polar surface area (TPSA) is 130 Å². The Morgan fingerprint density at radius 3 is 2.23 bits per heavy atom. The van der Waals surface area contributed by atoms with Crippen molar-refractivity contribution in [3.63, 3.8) is 0 Å². The number of hydrogen-bond donors (Lipinski definition) is 4. The molecule has 0 aromatic rings. The molecule has 0 bridgehead atoms. The molecule has 0 aliphatic carbocycles. The predicted octanol–water partition coefficient (Wildman–Crippen LogP) is -1.76. The number of amides is 1. The molecule has 7 nitrogen and oxygen atoms in total. The minimum Gasteiger partial charge on any atom is -0.483 e. The third kappa shape index (κ3) is 10.4. The number of carboxylic acid groups (broad SMARTS) is 2. The van der Waals surface area contributed by atoms with Crippen LogP contribution in [0.5, 0.6) is 0 Å². The van der Waals surface area contributed by atoms with Gasteiger partial charge in [0.25, 0.3) is 6.47 Å². The van der Waals surface area contributed by atoms with E-state index in [4.69, 9.17) is 20.7 Å². The number of carbonyl (C=O) groups excluding carboxylic acids is 1. The number of rotatable bonds is 3. The van der Waals surface area contributed by atoms with Crippen molar-refractivity contribution in [2.45, 2.75) is 12.5 Å². The Morgan fingerprint density at radius 1 is 1.62 bits per heavy atom. The molecule has 76 valence electrons. The van der Waals surface area contributed by atoms with Gasteiger partial charge in [0.1, 0.15) is 6.04 Å². The van der Waals surface area contributed by atoms with E-state index in [1.54, 1.807) is 0 Å². The van der Waals surface area contributed by atoms with Crippen molar-refractivity contribution >= 4 is 18.3 Å². The van der Waals surface area contributed by atoms with Gasteiger partial charge in [0.05, 0.1) is 6.42 Å². The van der Waals surface area contributed by atoms with Crippen LogP contribution >= 0.6 is 0 Å². The molecule has 5 N–H and O–H groups in total. The highest BCUT2D eigenvalue weighted by molar-refractivity contribution is 5.83. The lowest BCUT2D eigenvalue weighted by molar-refractivity contribution is -0.140. The van der Waals surface area contributed by atoms with E-state index < -0.39 is 12.0 Å². The number of nitrogens with two attached hydrogens (primary N) is 1. The zero-order valence-electron chi connectivity index (χ0n) is 7.06. The van der Waals surface area contributed by atoms with Crippen LogP contribution in [0.1, 0.15) is 6.42 Å². The standard InChI is InChI=1S/C5H10N2O3.CH2O2/c1-7-4(8)2-3(6)5(9)10;2-1-3/h3H,2,6H2,1H3,(H,7,8)(H,9,10);1H,(H,2,3). The van der Waals surface area contributed by atoms with E-state index in [9.17, 15) is 9.59 Å². The summed E-state index contributed by atoms with van der Waals surface area (Å²) in [5.74, 6) is -1.53. The maximum absolute atomic E-state index is 10.5. The van der Waals surface area contributed by atoms with E-state index in [0.29, 0.717) is 0 Å². The van der Waals surface area contributed by atoms with Gasteiger partial charge in [0, 0.05) is 7.05 Å². The summed E-state index contributed by atoms with van der Waals surface area (Å²) in [6.07, 6.45) is -0.175. The van der Waals surface area contributed by atoms with Crippen LogP contribution in [0.15, 0.2) is 0 Å². The molecule has 7 heteroatoms. The molecule has 0 aliphatic rings. The maximum Gasteiger partial charge on any atom is 0.321 e. The van der Waals surface area contributed by atoms with Gasteiger partial charge >= 0.3 is 5.97 Å². The van der Waals surface area contributed by atoms with E-state index >= 15 is 0 Å². The molecular formula is C6H12N2O5. The number of hydrogen-bond acceptors (Lipinski definition) is 4.